The number of morpholine rings is 1. The Balaban J connectivity index is 1.30. The number of ether oxygens (including phenoxy) is 3. The van der Waals surface area contributed by atoms with Crippen molar-refractivity contribution < 1.29 is 19.0 Å². The number of aryl methyl sites for hydroxylation is 3. The minimum absolute atomic E-state index is 0.0162. The van der Waals surface area contributed by atoms with E-state index in [1.54, 1.807) is 19.5 Å². The maximum Gasteiger partial charge on any atom is 0.270 e. The van der Waals surface area contributed by atoms with Gasteiger partial charge in [-0.3, -0.25) is 14.8 Å². The highest BCUT2D eigenvalue weighted by Crippen LogP contribution is 2.42. The van der Waals surface area contributed by atoms with Crippen molar-refractivity contribution in [3.63, 3.8) is 0 Å². The smallest absolute Gasteiger partial charge is 0.270 e. The summed E-state index contributed by atoms with van der Waals surface area (Å²) >= 11 is 0. The Morgan fingerprint density at radius 3 is 2.62 bits per heavy atom. The molecule has 0 aliphatic carbocycles. The third kappa shape index (κ3) is 4.38. The van der Waals surface area contributed by atoms with Crippen LogP contribution in [0.2, 0.25) is 0 Å². The van der Waals surface area contributed by atoms with Gasteiger partial charge in [0.05, 0.1) is 61.9 Å². The standard InChI is InChI=1S/C33H36N8O4/c1-20-29-26(38(3)30(20)32(42)39-9-12-44-13-10-39)15-28(37-31(29)40-18-33(19-40)7-5-11-45-33)41-25-14-24(36-21(2)22(25)17-35-41)23-16-34-8-6-27(23)43-4/h6,8,14-17H,5,7,9-13,18-19H2,1-4H3. The van der Waals surface area contributed by atoms with Crippen LogP contribution >= 0.6 is 0 Å². The normalized spacial score (nSPS) is 17.9. The van der Waals surface area contributed by atoms with E-state index in [9.17, 15) is 4.79 Å². The largest absolute Gasteiger partial charge is 0.496 e. The monoisotopic (exact) mass is 608 g/mol. The van der Waals surface area contributed by atoms with Crippen LogP contribution in [0.3, 0.4) is 0 Å². The first-order chi connectivity index (χ1) is 21.9. The summed E-state index contributed by atoms with van der Waals surface area (Å²) in [4.78, 5) is 32.5. The fraction of sp³-hybridized carbons (Fsp3) is 0.424. The molecule has 0 unspecified atom stereocenters. The number of amides is 1. The van der Waals surface area contributed by atoms with Gasteiger partial charge in [-0.05, 0) is 44.4 Å². The number of nitrogens with zero attached hydrogens (tertiary/aromatic N) is 8. The summed E-state index contributed by atoms with van der Waals surface area (Å²) in [5, 5.41) is 6.74. The number of hydrogen-bond acceptors (Lipinski definition) is 9. The van der Waals surface area contributed by atoms with Crippen LogP contribution in [0.1, 0.15) is 34.6 Å². The second kappa shape index (κ2) is 10.5. The number of methoxy groups -OCH3 is 1. The molecule has 232 valence electrons. The lowest BCUT2D eigenvalue weighted by atomic mass is 9.90. The molecule has 1 spiro atoms. The zero-order valence-corrected chi connectivity index (χ0v) is 26.0. The Bertz CT molecular complexity index is 1960. The highest BCUT2D eigenvalue weighted by atomic mass is 16.5. The lowest BCUT2D eigenvalue weighted by Gasteiger charge is -2.48. The van der Waals surface area contributed by atoms with Crippen LogP contribution in [0.5, 0.6) is 5.75 Å². The van der Waals surface area contributed by atoms with Crippen molar-refractivity contribution >= 4 is 33.5 Å². The molecule has 0 atom stereocenters. The van der Waals surface area contributed by atoms with Gasteiger partial charge < -0.3 is 28.6 Å². The minimum Gasteiger partial charge on any atom is -0.496 e. The summed E-state index contributed by atoms with van der Waals surface area (Å²) in [6.45, 7) is 8.63. The van der Waals surface area contributed by atoms with Gasteiger partial charge in [-0.1, -0.05) is 0 Å². The van der Waals surface area contributed by atoms with Crippen LogP contribution in [0, 0.1) is 13.8 Å². The summed E-state index contributed by atoms with van der Waals surface area (Å²) < 4.78 is 21.2. The van der Waals surface area contributed by atoms with Crippen molar-refractivity contribution in [2.24, 2.45) is 7.05 Å². The molecule has 0 aromatic carbocycles. The molecule has 12 nitrogen and oxygen atoms in total. The quantitative estimate of drug-likeness (QED) is 0.294. The number of carbonyl (C=O) groups is 1. The Morgan fingerprint density at radius 2 is 1.87 bits per heavy atom. The van der Waals surface area contributed by atoms with E-state index in [-0.39, 0.29) is 11.5 Å². The molecule has 3 fully saturated rings. The van der Waals surface area contributed by atoms with Crippen molar-refractivity contribution in [1.82, 2.24) is 34.2 Å². The number of hydrogen-bond donors (Lipinski definition) is 0. The minimum atomic E-state index is -0.113. The molecule has 5 aromatic heterocycles. The van der Waals surface area contributed by atoms with Gasteiger partial charge in [0.2, 0.25) is 0 Å². The second-order valence-electron chi connectivity index (χ2n) is 12.3. The van der Waals surface area contributed by atoms with Gasteiger partial charge in [0.25, 0.3) is 5.91 Å². The summed E-state index contributed by atoms with van der Waals surface area (Å²) in [7, 11) is 3.61. The van der Waals surface area contributed by atoms with Gasteiger partial charge in [0.1, 0.15) is 22.9 Å². The molecule has 5 aromatic rings. The Labute approximate surface area is 260 Å². The third-order valence-electron chi connectivity index (χ3n) is 9.59. The molecule has 0 saturated carbocycles. The topological polar surface area (TPSA) is 113 Å². The van der Waals surface area contributed by atoms with E-state index in [0.29, 0.717) is 43.6 Å². The molecule has 8 rings (SSSR count). The zero-order valence-electron chi connectivity index (χ0n) is 26.0. The average Bonchev–Trinajstić information content (AvgIpc) is 3.77. The molecule has 45 heavy (non-hydrogen) atoms. The van der Waals surface area contributed by atoms with Crippen molar-refractivity contribution in [3.8, 4) is 22.8 Å². The Kier molecular flexibility index (Phi) is 6.54. The highest BCUT2D eigenvalue weighted by molar-refractivity contribution is 6.05. The lowest BCUT2D eigenvalue weighted by molar-refractivity contribution is -0.0182. The SMILES string of the molecule is COc1ccncc1-c1cc2c(cnn2-c2cc3c(c(N4CC5(CCCO5)C4)n2)c(C)c(C(=O)N2CCOCC2)n3C)c(C)n1. The van der Waals surface area contributed by atoms with Crippen LogP contribution in [0.4, 0.5) is 5.82 Å². The average molecular weight is 609 g/mol. The molecule has 1 amide bonds. The van der Waals surface area contributed by atoms with Crippen molar-refractivity contribution in [2.45, 2.75) is 32.3 Å². The molecule has 0 radical (unpaired) electrons. The summed E-state index contributed by atoms with van der Waals surface area (Å²) in [6, 6.07) is 5.88. The predicted octanol–water partition coefficient (Wildman–Crippen LogP) is 3.84. The maximum absolute atomic E-state index is 13.9. The summed E-state index contributed by atoms with van der Waals surface area (Å²) in [5.41, 5.74) is 5.68. The van der Waals surface area contributed by atoms with E-state index in [2.05, 4.69) is 9.88 Å². The van der Waals surface area contributed by atoms with E-state index in [0.717, 1.165) is 82.7 Å². The molecule has 3 saturated heterocycles. The number of pyridine rings is 3. The van der Waals surface area contributed by atoms with Crippen molar-refractivity contribution in [3.05, 3.63) is 53.7 Å². The van der Waals surface area contributed by atoms with E-state index in [1.807, 2.05) is 59.4 Å². The molecule has 3 aliphatic rings. The van der Waals surface area contributed by atoms with Crippen LogP contribution in [-0.2, 0) is 16.5 Å². The fourth-order valence-corrected chi connectivity index (χ4v) is 7.23. The number of fused-ring (bicyclic) bond motifs is 2. The van der Waals surface area contributed by atoms with Crippen molar-refractivity contribution in [2.75, 3.05) is 58.0 Å². The van der Waals surface area contributed by atoms with Crippen molar-refractivity contribution in [1.29, 1.82) is 0 Å². The molecule has 3 aliphatic heterocycles. The van der Waals surface area contributed by atoms with Gasteiger partial charge in [-0.25, -0.2) is 9.67 Å². The Hall–Kier alpha value is -4.55. The maximum atomic E-state index is 13.9. The molecule has 0 N–H and O–H groups in total. The van der Waals surface area contributed by atoms with E-state index >= 15 is 0 Å². The predicted molar refractivity (Wildman–Crippen MR) is 169 cm³/mol. The fourth-order valence-electron chi connectivity index (χ4n) is 7.23. The van der Waals surface area contributed by atoms with Gasteiger partial charge in [-0.2, -0.15) is 5.10 Å². The van der Waals surface area contributed by atoms with E-state index < -0.39 is 0 Å². The summed E-state index contributed by atoms with van der Waals surface area (Å²) in [6.07, 6.45) is 7.44. The van der Waals surface area contributed by atoms with E-state index in [4.69, 9.17) is 29.3 Å². The Morgan fingerprint density at radius 1 is 1.04 bits per heavy atom. The van der Waals surface area contributed by atoms with Gasteiger partial charge >= 0.3 is 0 Å². The zero-order chi connectivity index (χ0) is 30.9. The van der Waals surface area contributed by atoms with Gasteiger partial charge in [-0.15, -0.1) is 0 Å². The number of rotatable bonds is 5. The first-order valence-electron chi connectivity index (χ1n) is 15.5. The molecule has 8 heterocycles. The second-order valence-corrected chi connectivity index (χ2v) is 12.3. The van der Waals surface area contributed by atoms with Gasteiger partial charge in [0, 0.05) is 61.7 Å². The molecular formula is C33H36N8O4. The lowest BCUT2D eigenvalue weighted by Crippen LogP contribution is -2.62. The first kappa shape index (κ1) is 28.0. The highest BCUT2D eigenvalue weighted by Gasteiger charge is 2.47. The van der Waals surface area contributed by atoms with Crippen LogP contribution < -0.4 is 9.64 Å². The number of carbonyl (C=O) groups excluding carboxylic acids is 1. The first-order valence-corrected chi connectivity index (χ1v) is 15.5. The number of anilines is 1. The molecule has 12 heteroatoms. The van der Waals surface area contributed by atoms with Crippen LogP contribution in [-0.4, -0.2) is 98.8 Å². The third-order valence-corrected chi connectivity index (χ3v) is 9.59. The number of aromatic nitrogens is 6. The van der Waals surface area contributed by atoms with Crippen LogP contribution in [0.15, 0.2) is 36.8 Å². The van der Waals surface area contributed by atoms with Crippen LogP contribution in [0.25, 0.3) is 38.9 Å². The van der Waals surface area contributed by atoms with E-state index in [1.165, 1.54) is 0 Å². The van der Waals surface area contributed by atoms with Gasteiger partial charge in [0.15, 0.2) is 5.82 Å². The summed E-state index contributed by atoms with van der Waals surface area (Å²) in [5.74, 6) is 2.23. The molecular weight excluding hydrogens is 572 g/mol. The molecule has 0 bridgehead atoms.